The molecule has 7 nitrogen and oxygen atoms in total. The Hall–Kier alpha value is -1.73. The van der Waals surface area contributed by atoms with Crippen LogP contribution in [0.3, 0.4) is 0 Å². The van der Waals surface area contributed by atoms with E-state index in [9.17, 15) is 5.11 Å². The van der Waals surface area contributed by atoms with Gasteiger partial charge in [-0.1, -0.05) is 13.8 Å². The summed E-state index contributed by atoms with van der Waals surface area (Å²) >= 11 is 0. The molecule has 0 radical (unpaired) electrons. The number of allylic oxidation sites excluding steroid dienone is 1. The number of nitrogens with zero attached hydrogens (tertiary/aromatic N) is 2. The van der Waals surface area contributed by atoms with Gasteiger partial charge in [-0.15, -0.1) is 0 Å². The van der Waals surface area contributed by atoms with E-state index in [2.05, 4.69) is 29.1 Å². The molecule has 1 rings (SSSR count). The largest absolute Gasteiger partial charge is 0.402 e. The van der Waals surface area contributed by atoms with Crippen LogP contribution in [0.1, 0.15) is 40.5 Å². The van der Waals surface area contributed by atoms with Crippen molar-refractivity contribution < 1.29 is 5.11 Å². The number of aliphatic hydroxyl groups is 1. The van der Waals surface area contributed by atoms with Crippen molar-refractivity contribution in [3.8, 4) is 0 Å². The second-order valence-electron chi connectivity index (χ2n) is 6.90. The van der Waals surface area contributed by atoms with Gasteiger partial charge in [0, 0.05) is 24.8 Å². The second kappa shape index (κ2) is 9.54. The quantitative estimate of drug-likeness (QED) is 0.260. The maximum Gasteiger partial charge on any atom is 0.144 e. The first-order valence-corrected chi connectivity index (χ1v) is 8.64. The Bertz CT molecular complexity index is 483. The van der Waals surface area contributed by atoms with Crippen LogP contribution in [0.2, 0.25) is 0 Å². The highest BCUT2D eigenvalue weighted by Crippen LogP contribution is 2.17. The number of aliphatic hydroxyl groups excluding tert-OH is 1. The second-order valence-corrected chi connectivity index (χ2v) is 6.90. The third-order valence-electron chi connectivity index (χ3n) is 3.90. The Morgan fingerprint density at radius 3 is 2.29 bits per heavy atom. The summed E-state index contributed by atoms with van der Waals surface area (Å²) in [5.41, 5.74) is 19.3. The van der Waals surface area contributed by atoms with Gasteiger partial charge in [-0.05, 0) is 45.2 Å². The highest BCUT2D eigenvalue weighted by molar-refractivity contribution is 6.00. The van der Waals surface area contributed by atoms with Gasteiger partial charge < -0.3 is 32.5 Å². The molecule has 1 heterocycles. The lowest BCUT2D eigenvalue weighted by Crippen LogP contribution is -2.45. The number of aliphatic imine (C=N–C) groups is 1. The van der Waals surface area contributed by atoms with Gasteiger partial charge in [-0.2, -0.15) is 0 Å². The van der Waals surface area contributed by atoms with Crippen LogP contribution in [-0.4, -0.2) is 47.7 Å². The van der Waals surface area contributed by atoms with Crippen molar-refractivity contribution in [2.45, 2.75) is 52.8 Å². The standard InChI is InChI=1S/C17H34N6O/c1-11(2)10-21-14-5-7-23(8-6-14)17(20)15(9-12(3)18)16(19)22-13(4)24/h9,11,13-14,21,24H,5-8,10,18,20H2,1-4H3,(H2,19,22)/b12-9-,17-15-. The molecule has 8 N–H and O–H groups in total. The maximum absolute atomic E-state index is 9.43. The highest BCUT2D eigenvalue weighted by Gasteiger charge is 2.21. The molecule has 1 aliphatic heterocycles. The lowest BCUT2D eigenvalue weighted by atomic mass is 10.0. The van der Waals surface area contributed by atoms with Gasteiger partial charge in [-0.3, -0.25) is 0 Å². The summed E-state index contributed by atoms with van der Waals surface area (Å²) in [6.07, 6.45) is 2.88. The van der Waals surface area contributed by atoms with Crippen molar-refractivity contribution in [3.63, 3.8) is 0 Å². The number of nitrogens with two attached hydrogens (primary N) is 3. The van der Waals surface area contributed by atoms with Crippen molar-refractivity contribution in [1.29, 1.82) is 0 Å². The number of piperidine rings is 1. The highest BCUT2D eigenvalue weighted by atomic mass is 16.3. The van der Waals surface area contributed by atoms with E-state index in [1.807, 2.05) is 0 Å². The molecule has 1 saturated heterocycles. The molecule has 7 heteroatoms. The number of likely N-dealkylation sites (tertiary alicyclic amines) is 1. The first kappa shape index (κ1) is 20.3. The third kappa shape index (κ3) is 6.80. The first-order chi connectivity index (χ1) is 11.2. The van der Waals surface area contributed by atoms with E-state index in [-0.39, 0.29) is 5.84 Å². The summed E-state index contributed by atoms with van der Waals surface area (Å²) in [5, 5.41) is 13.0. The summed E-state index contributed by atoms with van der Waals surface area (Å²) in [7, 11) is 0. The predicted molar refractivity (Wildman–Crippen MR) is 99.9 cm³/mol. The van der Waals surface area contributed by atoms with Crippen molar-refractivity contribution in [2.24, 2.45) is 28.1 Å². The van der Waals surface area contributed by atoms with E-state index in [0.717, 1.165) is 32.5 Å². The van der Waals surface area contributed by atoms with E-state index in [1.165, 1.54) is 0 Å². The normalized spacial score (nSPS) is 20.3. The molecule has 0 amide bonds. The molecule has 0 aromatic heterocycles. The van der Waals surface area contributed by atoms with Gasteiger partial charge in [0.25, 0.3) is 0 Å². The van der Waals surface area contributed by atoms with Crippen LogP contribution in [0, 0.1) is 5.92 Å². The monoisotopic (exact) mass is 338 g/mol. The van der Waals surface area contributed by atoms with Gasteiger partial charge in [0.05, 0.1) is 5.57 Å². The zero-order chi connectivity index (χ0) is 18.3. The molecule has 0 saturated carbocycles. The Morgan fingerprint density at radius 2 is 1.83 bits per heavy atom. The number of hydrogen-bond acceptors (Lipinski definition) is 6. The molecule has 24 heavy (non-hydrogen) atoms. The van der Waals surface area contributed by atoms with Crippen LogP contribution in [0.25, 0.3) is 0 Å². The molecule has 1 unspecified atom stereocenters. The van der Waals surface area contributed by atoms with E-state index < -0.39 is 6.23 Å². The van der Waals surface area contributed by atoms with Crippen molar-refractivity contribution >= 4 is 5.84 Å². The molecule has 0 aromatic rings. The number of nitrogens with one attached hydrogen (secondary N) is 1. The minimum atomic E-state index is -0.884. The molecule has 1 aliphatic rings. The summed E-state index contributed by atoms with van der Waals surface area (Å²) in [6, 6.07) is 0.523. The Morgan fingerprint density at radius 1 is 1.25 bits per heavy atom. The minimum Gasteiger partial charge on any atom is -0.402 e. The Balaban J connectivity index is 2.85. The Labute approximate surface area is 145 Å². The molecule has 0 aromatic carbocycles. The average molecular weight is 339 g/mol. The smallest absolute Gasteiger partial charge is 0.144 e. The predicted octanol–water partition coefficient (Wildman–Crippen LogP) is 0.425. The van der Waals surface area contributed by atoms with E-state index in [1.54, 1.807) is 19.9 Å². The number of rotatable bonds is 7. The van der Waals surface area contributed by atoms with E-state index in [4.69, 9.17) is 17.2 Å². The molecule has 0 spiro atoms. The van der Waals surface area contributed by atoms with Gasteiger partial charge >= 0.3 is 0 Å². The molecular formula is C17H34N6O. The van der Waals surface area contributed by atoms with E-state index in [0.29, 0.717) is 29.1 Å². The summed E-state index contributed by atoms with van der Waals surface area (Å²) in [5.74, 6) is 1.41. The summed E-state index contributed by atoms with van der Waals surface area (Å²) in [6.45, 7) is 10.5. The van der Waals surface area contributed by atoms with Crippen molar-refractivity contribution in [1.82, 2.24) is 10.2 Å². The van der Waals surface area contributed by atoms with E-state index >= 15 is 0 Å². The van der Waals surface area contributed by atoms with Gasteiger partial charge in [0.1, 0.15) is 17.9 Å². The molecule has 138 valence electrons. The zero-order valence-electron chi connectivity index (χ0n) is 15.4. The van der Waals surface area contributed by atoms with Crippen LogP contribution in [-0.2, 0) is 0 Å². The molecule has 1 fully saturated rings. The average Bonchev–Trinajstić information content (AvgIpc) is 2.49. The topological polar surface area (TPSA) is 126 Å². The van der Waals surface area contributed by atoms with Crippen LogP contribution in [0.15, 0.2) is 28.2 Å². The van der Waals surface area contributed by atoms with Crippen molar-refractivity contribution in [2.75, 3.05) is 19.6 Å². The fourth-order valence-electron chi connectivity index (χ4n) is 2.67. The first-order valence-electron chi connectivity index (χ1n) is 8.64. The summed E-state index contributed by atoms with van der Waals surface area (Å²) in [4.78, 5) is 6.09. The van der Waals surface area contributed by atoms with Crippen LogP contribution in [0.4, 0.5) is 0 Å². The fourth-order valence-corrected chi connectivity index (χ4v) is 2.67. The third-order valence-corrected chi connectivity index (χ3v) is 3.90. The Kier molecular flexibility index (Phi) is 8.07. The van der Waals surface area contributed by atoms with Gasteiger partial charge in [0.2, 0.25) is 0 Å². The lowest BCUT2D eigenvalue weighted by molar-refractivity contribution is 0.205. The van der Waals surface area contributed by atoms with Crippen LogP contribution < -0.4 is 22.5 Å². The van der Waals surface area contributed by atoms with Crippen LogP contribution in [0.5, 0.6) is 0 Å². The molecular weight excluding hydrogens is 304 g/mol. The number of hydrogen-bond donors (Lipinski definition) is 5. The van der Waals surface area contributed by atoms with Gasteiger partial charge in [-0.25, -0.2) is 4.99 Å². The lowest BCUT2D eigenvalue weighted by Gasteiger charge is -2.35. The van der Waals surface area contributed by atoms with Crippen molar-refractivity contribution in [3.05, 3.63) is 23.2 Å². The maximum atomic E-state index is 9.43. The fraction of sp³-hybridized carbons (Fsp3) is 0.706. The summed E-state index contributed by atoms with van der Waals surface area (Å²) < 4.78 is 0. The zero-order valence-corrected chi connectivity index (χ0v) is 15.4. The SMILES string of the molecule is C/C(N)=C/C(C(N)=NC(C)O)=C(\N)N1CCC(NCC(C)C)CC1. The van der Waals surface area contributed by atoms with Crippen LogP contribution >= 0.6 is 0 Å². The van der Waals surface area contributed by atoms with Gasteiger partial charge in [0.15, 0.2) is 0 Å². The molecule has 0 aliphatic carbocycles. The molecule has 0 bridgehead atoms. The minimum absolute atomic E-state index is 0.201. The molecule has 1 atom stereocenters. The number of amidine groups is 1.